The first-order chi connectivity index (χ1) is 19.3. The molecule has 3 rings (SSSR count). The van der Waals surface area contributed by atoms with Gasteiger partial charge in [-0.15, -0.1) is 0 Å². The maximum atomic E-state index is 12.3. The number of hydrogen-bond donors (Lipinski definition) is 3. The minimum atomic E-state index is -0.947. The van der Waals surface area contributed by atoms with Crippen molar-refractivity contribution in [3.8, 4) is 17.2 Å². The van der Waals surface area contributed by atoms with E-state index in [9.17, 15) is 14.4 Å². The highest BCUT2D eigenvalue weighted by atomic mass is 79.9. The highest BCUT2D eigenvalue weighted by molar-refractivity contribution is 9.10. The number of carbonyl (C=O) groups is 3. The zero-order valence-corrected chi connectivity index (χ0v) is 24.2. The summed E-state index contributed by atoms with van der Waals surface area (Å²) in [7, 11) is 0. The van der Waals surface area contributed by atoms with E-state index < -0.39 is 11.8 Å². The molecule has 0 heterocycles. The molecule has 3 aromatic carbocycles. The fourth-order valence-electron chi connectivity index (χ4n) is 3.22. The first-order valence-electron chi connectivity index (χ1n) is 12.3. The minimum Gasteiger partial charge on any atom is -0.494 e. The number of hydrogen-bond acceptors (Lipinski definition) is 7. The number of carbonyl (C=O) groups excluding carboxylic acids is 3. The summed E-state index contributed by atoms with van der Waals surface area (Å²) in [6, 6.07) is 16.7. The highest BCUT2D eigenvalue weighted by Gasteiger charge is 2.15. The van der Waals surface area contributed by atoms with Crippen molar-refractivity contribution in [2.45, 2.75) is 20.3 Å². The standard InChI is InChI=1S/C28H28BrClN4O6/c1-3-12-39-22-10-8-20(9-11-22)33-27(36)28(37)34-31-16-18-13-23(29)26(24(14-18)38-4-2)40-17-25(35)32-21-7-5-6-19(30)15-21/h5-11,13-16H,3-4,12,17H2,1-2H3,(H,32,35)(H,33,36)(H,34,37)/b31-16-. The molecule has 10 nitrogen and oxygen atoms in total. The van der Waals surface area contributed by atoms with Crippen LogP contribution in [0.25, 0.3) is 0 Å². The van der Waals surface area contributed by atoms with Gasteiger partial charge in [-0.25, -0.2) is 5.43 Å². The molecule has 0 atom stereocenters. The number of amides is 3. The van der Waals surface area contributed by atoms with Gasteiger partial charge < -0.3 is 24.8 Å². The molecule has 0 aliphatic heterocycles. The lowest BCUT2D eigenvalue weighted by Gasteiger charge is -2.14. The molecule has 0 bridgehead atoms. The van der Waals surface area contributed by atoms with Gasteiger partial charge in [-0.2, -0.15) is 5.10 Å². The van der Waals surface area contributed by atoms with Gasteiger partial charge in [0.05, 0.1) is 23.9 Å². The molecule has 3 amide bonds. The summed E-state index contributed by atoms with van der Waals surface area (Å²) in [6.45, 7) is 4.45. The number of benzene rings is 3. The highest BCUT2D eigenvalue weighted by Crippen LogP contribution is 2.36. The summed E-state index contributed by atoms with van der Waals surface area (Å²) >= 11 is 9.37. The second-order valence-electron chi connectivity index (χ2n) is 8.14. The first kappa shape index (κ1) is 30.5. The molecule has 0 aliphatic rings. The molecule has 0 fully saturated rings. The third-order valence-corrected chi connectivity index (χ3v) is 5.78. The van der Waals surface area contributed by atoms with Crippen LogP contribution in [0.5, 0.6) is 17.2 Å². The molecule has 12 heteroatoms. The second kappa shape index (κ2) is 15.5. The zero-order valence-electron chi connectivity index (χ0n) is 21.8. The molecular weight excluding hydrogens is 604 g/mol. The molecule has 40 heavy (non-hydrogen) atoms. The van der Waals surface area contributed by atoms with Crippen molar-refractivity contribution in [2.75, 3.05) is 30.5 Å². The van der Waals surface area contributed by atoms with E-state index in [1.54, 1.807) is 67.6 Å². The van der Waals surface area contributed by atoms with Crippen LogP contribution in [0.15, 0.2) is 70.2 Å². The van der Waals surface area contributed by atoms with Crippen molar-refractivity contribution in [3.05, 3.63) is 75.7 Å². The molecule has 0 aromatic heterocycles. The third-order valence-electron chi connectivity index (χ3n) is 4.96. The summed E-state index contributed by atoms with van der Waals surface area (Å²) in [5.74, 6) is -0.875. The van der Waals surface area contributed by atoms with Gasteiger partial charge in [-0.1, -0.05) is 24.6 Å². The summed E-state index contributed by atoms with van der Waals surface area (Å²) < 4.78 is 17.4. The molecule has 210 valence electrons. The van der Waals surface area contributed by atoms with Crippen LogP contribution in [0, 0.1) is 0 Å². The van der Waals surface area contributed by atoms with Gasteiger partial charge in [0.1, 0.15) is 5.75 Å². The van der Waals surface area contributed by atoms with Crippen molar-refractivity contribution >= 4 is 62.8 Å². The van der Waals surface area contributed by atoms with Gasteiger partial charge in [-0.05, 0) is 89.4 Å². The van der Waals surface area contributed by atoms with Crippen LogP contribution in [0.3, 0.4) is 0 Å². The quantitative estimate of drug-likeness (QED) is 0.140. The molecule has 0 spiro atoms. The van der Waals surface area contributed by atoms with E-state index in [-0.39, 0.29) is 12.5 Å². The van der Waals surface area contributed by atoms with E-state index in [4.69, 9.17) is 25.8 Å². The number of anilines is 2. The zero-order chi connectivity index (χ0) is 28.9. The maximum Gasteiger partial charge on any atom is 0.329 e. The largest absolute Gasteiger partial charge is 0.494 e. The lowest BCUT2D eigenvalue weighted by Crippen LogP contribution is -2.32. The predicted molar refractivity (Wildman–Crippen MR) is 157 cm³/mol. The Morgan fingerprint density at radius 1 is 0.925 bits per heavy atom. The SMILES string of the molecule is CCCOc1ccc(NC(=O)C(=O)N/N=C\c2cc(Br)c(OCC(=O)Nc3cccc(Cl)c3)c(OCC)c2)cc1. The van der Waals surface area contributed by atoms with Crippen LogP contribution in [-0.4, -0.2) is 43.8 Å². The van der Waals surface area contributed by atoms with Crippen molar-refractivity contribution < 1.29 is 28.6 Å². The summed E-state index contributed by atoms with van der Waals surface area (Å²) in [6.07, 6.45) is 2.22. The maximum absolute atomic E-state index is 12.3. The van der Waals surface area contributed by atoms with E-state index in [2.05, 4.69) is 37.1 Å². The summed E-state index contributed by atoms with van der Waals surface area (Å²) in [4.78, 5) is 36.7. The minimum absolute atomic E-state index is 0.279. The Bertz CT molecular complexity index is 1370. The lowest BCUT2D eigenvalue weighted by molar-refractivity contribution is -0.136. The van der Waals surface area contributed by atoms with Crippen molar-refractivity contribution in [1.82, 2.24) is 5.43 Å². The van der Waals surface area contributed by atoms with Gasteiger partial charge in [0, 0.05) is 16.4 Å². The lowest BCUT2D eigenvalue weighted by atomic mass is 10.2. The summed E-state index contributed by atoms with van der Waals surface area (Å²) in [5.41, 5.74) is 3.71. The van der Waals surface area contributed by atoms with Gasteiger partial charge in [0.25, 0.3) is 5.91 Å². The topological polar surface area (TPSA) is 127 Å². The van der Waals surface area contributed by atoms with Gasteiger partial charge in [0.15, 0.2) is 18.1 Å². The molecule has 0 aliphatic carbocycles. The van der Waals surface area contributed by atoms with Gasteiger partial charge in [-0.3, -0.25) is 14.4 Å². The van der Waals surface area contributed by atoms with Crippen LogP contribution in [0.4, 0.5) is 11.4 Å². The average Bonchev–Trinajstić information content (AvgIpc) is 2.92. The van der Waals surface area contributed by atoms with Gasteiger partial charge >= 0.3 is 11.8 Å². The Morgan fingerprint density at radius 3 is 2.40 bits per heavy atom. The molecule has 3 aromatic rings. The molecule has 0 unspecified atom stereocenters. The normalized spacial score (nSPS) is 10.6. The van der Waals surface area contributed by atoms with Crippen LogP contribution >= 0.6 is 27.5 Å². The number of nitrogens with zero attached hydrogens (tertiary/aromatic N) is 1. The van der Waals surface area contributed by atoms with Crippen molar-refractivity contribution in [3.63, 3.8) is 0 Å². The Labute approximate surface area is 245 Å². The predicted octanol–water partition coefficient (Wildman–Crippen LogP) is 5.40. The monoisotopic (exact) mass is 630 g/mol. The van der Waals surface area contributed by atoms with E-state index in [1.165, 1.54) is 6.21 Å². The van der Waals surface area contributed by atoms with Gasteiger partial charge in [0.2, 0.25) is 0 Å². The number of hydrazone groups is 1. The van der Waals surface area contributed by atoms with Crippen LogP contribution in [-0.2, 0) is 14.4 Å². The second-order valence-corrected chi connectivity index (χ2v) is 9.43. The molecule has 0 saturated carbocycles. The smallest absolute Gasteiger partial charge is 0.329 e. The average molecular weight is 632 g/mol. The van der Waals surface area contributed by atoms with E-state index in [0.29, 0.717) is 56.9 Å². The number of nitrogens with one attached hydrogen (secondary N) is 3. The fourth-order valence-corrected chi connectivity index (χ4v) is 3.99. The fraction of sp³-hybridized carbons (Fsp3) is 0.214. The Hall–Kier alpha value is -4.09. The Kier molecular flexibility index (Phi) is 11.8. The molecule has 0 radical (unpaired) electrons. The van der Waals surface area contributed by atoms with E-state index in [0.717, 1.165) is 6.42 Å². The number of rotatable bonds is 12. The molecular formula is C28H28BrClN4O6. The van der Waals surface area contributed by atoms with E-state index in [1.807, 2.05) is 6.92 Å². The van der Waals surface area contributed by atoms with Crippen LogP contribution in [0.2, 0.25) is 5.02 Å². The Morgan fingerprint density at radius 2 is 1.70 bits per heavy atom. The van der Waals surface area contributed by atoms with Crippen molar-refractivity contribution in [2.24, 2.45) is 5.10 Å². The third kappa shape index (κ3) is 9.58. The number of halogens is 2. The first-order valence-corrected chi connectivity index (χ1v) is 13.5. The van der Waals surface area contributed by atoms with Crippen molar-refractivity contribution in [1.29, 1.82) is 0 Å². The van der Waals surface area contributed by atoms with Crippen LogP contribution in [0.1, 0.15) is 25.8 Å². The van der Waals surface area contributed by atoms with Crippen LogP contribution < -0.4 is 30.3 Å². The summed E-state index contributed by atoms with van der Waals surface area (Å²) in [5, 5.41) is 9.55. The Balaban J connectivity index is 1.57. The molecule has 0 saturated heterocycles. The molecule has 3 N–H and O–H groups in total. The number of ether oxygens (including phenoxy) is 3. The van der Waals surface area contributed by atoms with E-state index >= 15 is 0 Å².